The number of amides is 2. The van der Waals surface area contributed by atoms with E-state index < -0.39 is 11.3 Å². The van der Waals surface area contributed by atoms with E-state index in [9.17, 15) is 9.59 Å². The lowest BCUT2D eigenvalue weighted by Crippen LogP contribution is -2.55. The molecule has 2 aromatic rings. The molecule has 0 aliphatic heterocycles. The van der Waals surface area contributed by atoms with Crippen LogP contribution in [0.2, 0.25) is 5.02 Å². The summed E-state index contributed by atoms with van der Waals surface area (Å²) in [5.41, 5.74) is 7.43. The first-order chi connectivity index (χ1) is 12.9. The standard InChI is InChI=1S/C21H23ClN2O3/c1-14-10-15(2)12-18(11-14)27-13-19(25)23-24-20(26)21(8-3-9-21)16-4-6-17(22)7-5-16/h4-7,10-12H,3,8-9,13H2,1-2H3,(H,23,25)(H,24,26). The number of benzene rings is 2. The lowest BCUT2D eigenvalue weighted by Gasteiger charge is -2.40. The smallest absolute Gasteiger partial charge is 0.276 e. The Morgan fingerprint density at radius 3 is 2.22 bits per heavy atom. The topological polar surface area (TPSA) is 67.4 Å². The molecule has 3 rings (SSSR count). The molecule has 2 N–H and O–H groups in total. The van der Waals surface area contributed by atoms with Crippen LogP contribution in [0.1, 0.15) is 36.0 Å². The highest BCUT2D eigenvalue weighted by Gasteiger charge is 2.45. The molecule has 0 radical (unpaired) electrons. The molecule has 6 heteroatoms. The van der Waals surface area contributed by atoms with Gasteiger partial charge in [0.15, 0.2) is 6.61 Å². The maximum absolute atomic E-state index is 12.7. The summed E-state index contributed by atoms with van der Waals surface area (Å²) in [5.74, 6) is 0.00881. The summed E-state index contributed by atoms with van der Waals surface area (Å²) >= 11 is 5.94. The molecule has 142 valence electrons. The van der Waals surface area contributed by atoms with Crippen LogP contribution in [0.15, 0.2) is 42.5 Å². The molecule has 0 unspecified atom stereocenters. The van der Waals surface area contributed by atoms with Crippen molar-refractivity contribution in [3.05, 3.63) is 64.2 Å². The second-order valence-corrected chi connectivity index (χ2v) is 7.49. The molecule has 0 atom stereocenters. The highest BCUT2D eigenvalue weighted by atomic mass is 35.5. The second kappa shape index (κ2) is 8.01. The first kappa shape index (κ1) is 19.2. The predicted molar refractivity (Wildman–Crippen MR) is 105 cm³/mol. The fourth-order valence-electron chi connectivity index (χ4n) is 3.39. The Bertz CT molecular complexity index is 825. The van der Waals surface area contributed by atoms with E-state index in [1.807, 2.05) is 44.2 Å². The number of hydrogen-bond acceptors (Lipinski definition) is 3. The zero-order valence-electron chi connectivity index (χ0n) is 15.5. The normalized spacial score (nSPS) is 14.8. The number of carbonyl (C=O) groups is 2. The largest absolute Gasteiger partial charge is 0.484 e. The Labute approximate surface area is 164 Å². The van der Waals surface area contributed by atoms with Gasteiger partial charge in [-0.1, -0.05) is 36.2 Å². The van der Waals surface area contributed by atoms with Gasteiger partial charge in [-0.25, -0.2) is 0 Å². The van der Waals surface area contributed by atoms with Gasteiger partial charge >= 0.3 is 0 Å². The minimum atomic E-state index is -0.605. The van der Waals surface area contributed by atoms with E-state index >= 15 is 0 Å². The molecule has 1 fully saturated rings. The number of halogens is 1. The number of aryl methyl sites for hydroxylation is 2. The average Bonchev–Trinajstić information content (AvgIpc) is 2.58. The Kier molecular flexibility index (Phi) is 5.71. The molecule has 1 aliphatic rings. The van der Waals surface area contributed by atoms with Crippen LogP contribution >= 0.6 is 11.6 Å². The quantitative estimate of drug-likeness (QED) is 0.771. The van der Waals surface area contributed by atoms with E-state index in [1.165, 1.54) is 0 Å². The minimum Gasteiger partial charge on any atom is -0.484 e. The Hall–Kier alpha value is -2.53. The van der Waals surface area contributed by atoms with Gasteiger partial charge in [0.1, 0.15) is 5.75 Å². The molecule has 2 amide bonds. The van der Waals surface area contributed by atoms with Crippen molar-refractivity contribution >= 4 is 23.4 Å². The van der Waals surface area contributed by atoms with Gasteiger partial charge in [0, 0.05) is 5.02 Å². The summed E-state index contributed by atoms with van der Waals surface area (Å²) in [7, 11) is 0. The van der Waals surface area contributed by atoms with Crippen molar-refractivity contribution in [2.45, 2.75) is 38.5 Å². The van der Waals surface area contributed by atoms with Gasteiger partial charge in [-0.2, -0.15) is 0 Å². The van der Waals surface area contributed by atoms with Crippen molar-refractivity contribution in [1.29, 1.82) is 0 Å². The lowest BCUT2D eigenvalue weighted by molar-refractivity contribution is -0.135. The van der Waals surface area contributed by atoms with Crippen molar-refractivity contribution in [3.63, 3.8) is 0 Å². The van der Waals surface area contributed by atoms with E-state index in [0.717, 1.165) is 36.0 Å². The highest BCUT2D eigenvalue weighted by Crippen LogP contribution is 2.44. The van der Waals surface area contributed by atoms with Gasteiger partial charge < -0.3 is 4.74 Å². The maximum Gasteiger partial charge on any atom is 0.276 e. The summed E-state index contributed by atoms with van der Waals surface area (Å²) in [4.78, 5) is 24.7. The van der Waals surface area contributed by atoms with Crippen LogP contribution in [-0.4, -0.2) is 18.4 Å². The third kappa shape index (κ3) is 4.42. The Morgan fingerprint density at radius 1 is 1.04 bits per heavy atom. The number of carbonyl (C=O) groups excluding carboxylic acids is 2. The summed E-state index contributed by atoms with van der Waals surface area (Å²) < 4.78 is 5.51. The monoisotopic (exact) mass is 386 g/mol. The van der Waals surface area contributed by atoms with E-state index in [4.69, 9.17) is 16.3 Å². The number of nitrogens with one attached hydrogen (secondary N) is 2. The third-order valence-corrected chi connectivity index (χ3v) is 5.17. The zero-order valence-corrected chi connectivity index (χ0v) is 16.2. The molecule has 0 spiro atoms. The van der Waals surface area contributed by atoms with Crippen LogP contribution in [0.3, 0.4) is 0 Å². The zero-order chi connectivity index (χ0) is 19.4. The summed E-state index contributed by atoms with van der Waals surface area (Å²) in [6, 6.07) is 13.0. The maximum atomic E-state index is 12.7. The number of rotatable bonds is 5. The summed E-state index contributed by atoms with van der Waals surface area (Å²) in [6.07, 6.45) is 2.46. The molecule has 27 heavy (non-hydrogen) atoms. The van der Waals surface area contributed by atoms with Crippen molar-refractivity contribution in [2.24, 2.45) is 0 Å². The molecule has 0 heterocycles. The third-order valence-electron chi connectivity index (χ3n) is 4.92. The van der Waals surface area contributed by atoms with Crippen LogP contribution in [0, 0.1) is 13.8 Å². The first-order valence-corrected chi connectivity index (χ1v) is 9.33. The van der Waals surface area contributed by atoms with Gasteiger partial charge in [-0.15, -0.1) is 0 Å². The fraction of sp³-hybridized carbons (Fsp3) is 0.333. The van der Waals surface area contributed by atoms with E-state index in [-0.39, 0.29) is 12.5 Å². The van der Waals surface area contributed by atoms with Gasteiger partial charge in [0.05, 0.1) is 5.41 Å². The minimum absolute atomic E-state index is 0.170. The molecular weight excluding hydrogens is 364 g/mol. The number of ether oxygens (including phenoxy) is 1. The molecular formula is C21H23ClN2O3. The van der Waals surface area contributed by atoms with E-state index in [1.54, 1.807) is 12.1 Å². The molecule has 0 saturated heterocycles. The van der Waals surface area contributed by atoms with E-state index in [2.05, 4.69) is 10.9 Å². The fourth-order valence-corrected chi connectivity index (χ4v) is 3.52. The van der Waals surface area contributed by atoms with Crippen LogP contribution in [-0.2, 0) is 15.0 Å². The van der Waals surface area contributed by atoms with Crippen LogP contribution in [0.5, 0.6) is 5.75 Å². The van der Waals surface area contributed by atoms with Crippen molar-refractivity contribution < 1.29 is 14.3 Å². The van der Waals surface area contributed by atoms with Crippen LogP contribution in [0.4, 0.5) is 0 Å². The summed E-state index contributed by atoms with van der Waals surface area (Å²) in [6.45, 7) is 3.76. The Morgan fingerprint density at radius 2 is 1.67 bits per heavy atom. The second-order valence-electron chi connectivity index (χ2n) is 7.06. The predicted octanol–water partition coefficient (Wildman–Crippen LogP) is 3.60. The Balaban J connectivity index is 1.54. The number of hydrazine groups is 1. The number of hydrogen-bond donors (Lipinski definition) is 2. The van der Waals surface area contributed by atoms with Crippen molar-refractivity contribution in [2.75, 3.05) is 6.61 Å². The molecule has 1 saturated carbocycles. The molecule has 1 aliphatic carbocycles. The van der Waals surface area contributed by atoms with Gasteiger partial charge in [0.2, 0.25) is 5.91 Å². The van der Waals surface area contributed by atoms with Crippen LogP contribution < -0.4 is 15.6 Å². The molecule has 0 aromatic heterocycles. The highest BCUT2D eigenvalue weighted by molar-refractivity contribution is 6.30. The van der Waals surface area contributed by atoms with Gasteiger partial charge in [-0.3, -0.25) is 20.4 Å². The van der Waals surface area contributed by atoms with E-state index in [0.29, 0.717) is 10.8 Å². The van der Waals surface area contributed by atoms with Crippen LogP contribution in [0.25, 0.3) is 0 Å². The van der Waals surface area contributed by atoms with Gasteiger partial charge in [0.25, 0.3) is 5.91 Å². The SMILES string of the molecule is Cc1cc(C)cc(OCC(=O)NNC(=O)C2(c3ccc(Cl)cc3)CCC2)c1. The molecule has 5 nitrogen and oxygen atoms in total. The average molecular weight is 387 g/mol. The van der Waals surface area contributed by atoms with Gasteiger partial charge in [-0.05, 0) is 67.6 Å². The molecule has 0 bridgehead atoms. The van der Waals surface area contributed by atoms with Crippen molar-refractivity contribution in [3.8, 4) is 5.75 Å². The first-order valence-electron chi connectivity index (χ1n) is 8.95. The van der Waals surface area contributed by atoms with Crippen molar-refractivity contribution in [1.82, 2.24) is 10.9 Å². The molecule has 2 aromatic carbocycles. The lowest BCUT2D eigenvalue weighted by atomic mass is 9.64. The summed E-state index contributed by atoms with van der Waals surface area (Å²) in [5, 5.41) is 0.630.